The number of nitrogens with two attached hydrogens (primary N) is 1. The van der Waals surface area contributed by atoms with Crippen molar-refractivity contribution >= 4 is 46.3 Å². The van der Waals surface area contributed by atoms with Crippen molar-refractivity contribution in [2.75, 3.05) is 0 Å². The Morgan fingerprint density at radius 3 is 2.64 bits per heavy atom. The quantitative estimate of drug-likeness (QED) is 0.484. The first-order valence-corrected chi connectivity index (χ1v) is 8.29. The van der Waals surface area contributed by atoms with Crippen LogP contribution in [0.25, 0.3) is 0 Å². The van der Waals surface area contributed by atoms with Gasteiger partial charge in [0.2, 0.25) is 0 Å². The molecule has 0 atom stereocenters. The van der Waals surface area contributed by atoms with Crippen LogP contribution in [0.4, 0.5) is 0 Å². The minimum Gasteiger partial charge on any atom is -0.377 e. The molecule has 2 N–H and O–H groups in total. The zero-order valence-corrected chi connectivity index (χ0v) is 14.3. The molecule has 0 saturated carbocycles. The Hall–Kier alpha value is -1.49. The lowest BCUT2D eigenvalue weighted by molar-refractivity contribution is 1.25. The van der Waals surface area contributed by atoms with Crippen LogP contribution in [-0.2, 0) is 5.75 Å². The molecule has 22 heavy (non-hydrogen) atoms. The van der Waals surface area contributed by atoms with Gasteiger partial charge in [-0.3, -0.25) is 0 Å². The fourth-order valence-electron chi connectivity index (χ4n) is 1.69. The molecular formula is C16H15Cl2N3S. The van der Waals surface area contributed by atoms with Crippen LogP contribution >= 0.6 is 35.0 Å². The van der Waals surface area contributed by atoms with Gasteiger partial charge in [0.1, 0.15) is 0 Å². The molecule has 2 aromatic carbocycles. The summed E-state index contributed by atoms with van der Waals surface area (Å²) >= 11 is 13.5. The molecule has 0 aliphatic rings. The predicted molar refractivity (Wildman–Crippen MR) is 98.2 cm³/mol. The van der Waals surface area contributed by atoms with Crippen molar-refractivity contribution in [3.05, 3.63) is 69.2 Å². The zero-order chi connectivity index (χ0) is 15.9. The van der Waals surface area contributed by atoms with Gasteiger partial charge >= 0.3 is 0 Å². The average molecular weight is 352 g/mol. The van der Waals surface area contributed by atoms with Gasteiger partial charge in [0.05, 0.1) is 11.2 Å². The van der Waals surface area contributed by atoms with E-state index in [2.05, 4.69) is 10.2 Å². The summed E-state index contributed by atoms with van der Waals surface area (Å²) < 4.78 is 0. The van der Waals surface area contributed by atoms with Crippen LogP contribution in [0.15, 0.2) is 52.7 Å². The number of thioether (sulfide) groups is 1. The maximum absolute atomic E-state index is 6.10. The van der Waals surface area contributed by atoms with Crippen LogP contribution in [0.1, 0.15) is 16.7 Å². The second kappa shape index (κ2) is 8.22. The zero-order valence-electron chi connectivity index (χ0n) is 12.0. The summed E-state index contributed by atoms with van der Waals surface area (Å²) in [6, 6.07) is 13.6. The van der Waals surface area contributed by atoms with E-state index in [4.69, 9.17) is 28.9 Å². The molecule has 6 heteroatoms. The Balaban J connectivity index is 1.97. The van der Waals surface area contributed by atoms with Gasteiger partial charge in [0, 0.05) is 16.3 Å². The standard InChI is InChI=1S/C16H15Cl2N3S/c1-11-7-13(15(18)8-14(11)17)9-20-21-16(19)22-10-12-5-3-2-4-6-12/h2-9H,10H2,1H3,(H2,19,21). The molecule has 2 rings (SSSR count). The van der Waals surface area contributed by atoms with Crippen LogP contribution in [0.2, 0.25) is 10.0 Å². The number of aryl methyl sites for hydroxylation is 1. The predicted octanol–water partition coefficient (Wildman–Crippen LogP) is 4.88. The van der Waals surface area contributed by atoms with Gasteiger partial charge in [0.15, 0.2) is 5.17 Å². The smallest absolute Gasteiger partial charge is 0.180 e. The monoisotopic (exact) mass is 351 g/mol. The minimum atomic E-state index is 0.405. The summed E-state index contributed by atoms with van der Waals surface area (Å²) in [5, 5.41) is 9.50. The van der Waals surface area contributed by atoms with E-state index in [0.717, 1.165) is 16.9 Å². The van der Waals surface area contributed by atoms with Crippen LogP contribution in [-0.4, -0.2) is 11.4 Å². The second-order valence-electron chi connectivity index (χ2n) is 4.58. The van der Waals surface area contributed by atoms with E-state index >= 15 is 0 Å². The molecule has 2 aromatic rings. The lowest BCUT2D eigenvalue weighted by atomic mass is 10.1. The number of halogens is 2. The number of rotatable bonds is 4. The van der Waals surface area contributed by atoms with Crippen LogP contribution in [0.5, 0.6) is 0 Å². The SMILES string of the molecule is Cc1cc(C=NN=C(N)SCc2ccccc2)c(Cl)cc1Cl. The van der Waals surface area contributed by atoms with Crippen molar-refractivity contribution in [3.8, 4) is 0 Å². The fraction of sp³-hybridized carbons (Fsp3) is 0.125. The number of amidine groups is 1. The van der Waals surface area contributed by atoms with E-state index < -0.39 is 0 Å². The van der Waals surface area contributed by atoms with E-state index in [9.17, 15) is 0 Å². The summed E-state index contributed by atoms with van der Waals surface area (Å²) in [4.78, 5) is 0. The van der Waals surface area contributed by atoms with Gasteiger partial charge in [-0.05, 0) is 30.2 Å². The van der Waals surface area contributed by atoms with E-state index in [1.807, 2.05) is 43.3 Å². The molecule has 0 unspecified atom stereocenters. The van der Waals surface area contributed by atoms with Crippen LogP contribution in [0.3, 0.4) is 0 Å². The number of hydrogen-bond donors (Lipinski definition) is 1. The molecule has 0 aromatic heterocycles. The molecule has 0 fully saturated rings. The highest BCUT2D eigenvalue weighted by atomic mass is 35.5. The third-order valence-corrected chi connectivity index (χ3v) is 4.45. The Morgan fingerprint density at radius 1 is 1.18 bits per heavy atom. The van der Waals surface area contributed by atoms with E-state index in [1.54, 1.807) is 12.3 Å². The normalized spacial score (nSPS) is 12.0. The molecule has 0 heterocycles. The first-order valence-electron chi connectivity index (χ1n) is 6.55. The fourth-order valence-corrected chi connectivity index (χ4v) is 2.73. The van der Waals surface area contributed by atoms with Crippen molar-refractivity contribution in [2.45, 2.75) is 12.7 Å². The lowest BCUT2D eigenvalue weighted by Gasteiger charge is -2.02. The molecular weight excluding hydrogens is 337 g/mol. The van der Waals surface area contributed by atoms with E-state index in [1.165, 1.54) is 17.3 Å². The largest absolute Gasteiger partial charge is 0.377 e. The molecule has 0 saturated heterocycles. The van der Waals surface area contributed by atoms with E-state index in [0.29, 0.717) is 15.2 Å². The van der Waals surface area contributed by atoms with Gasteiger partial charge in [-0.25, -0.2) is 0 Å². The molecule has 0 radical (unpaired) electrons. The highest BCUT2D eigenvalue weighted by Crippen LogP contribution is 2.23. The summed E-state index contributed by atoms with van der Waals surface area (Å²) in [6.07, 6.45) is 1.57. The van der Waals surface area contributed by atoms with Crippen molar-refractivity contribution < 1.29 is 0 Å². The number of hydrogen-bond acceptors (Lipinski definition) is 3. The maximum Gasteiger partial charge on any atom is 0.180 e. The molecule has 0 aliphatic heterocycles. The Kier molecular flexibility index (Phi) is 6.31. The Morgan fingerprint density at radius 2 is 1.91 bits per heavy atom. The van der Waals surface area contributed by atoms with E-state index in [-0.39, 0.29) is 0 Å². The lowest BCUT2D eigenvalue weighted by Crippen LogP contribution is -2.06. The third-order valence-electron chi connectivity index (χ3n) is 2.86. The summed E-state index contributed by atoms with van der Waals surface area (Å²) in [5.41, 5.74) is 8.70. The maximum atomic E-state index is 6.10. The summed E-state index contributed by atoms with van der Waals surface area (Å²) in [7, 11) is 0. The van der Waals surface area contributed by atoms with Crippen molar-refractivity contribution in [1.82, 2.24) is 0 Å². The Bertz CT molecular complexity index is 700. The molecule has 0 amide bonds. The highest BCUT2D eigenvalue weighted by molar-refractivity contribution is 8.13. The molecule has 114 valence electrons. The number of benzene rings is 2. The van der Waals surface area contributed by atoms with Crippen molar-refractivity contribution in [3.63, 3.8) is 0 Å². The average Bonchev–Trinajstić information content (AvgIpc) is 2.51. The molecule has 0 bridgehead atoms. The Labute approximate surface area is 144 Å². The summed E-state index contributed by atoms with van der Waals surface area (Å²) in [6.45, 7) is 1.91. The first-order chi connectivity index (χ1) is 10.6. The van der Waals surface area contributed by atoms with Crippen LogP contribution < -0.4 is 5.73 Å². The van der Waals surface area contributed by atoms with Crippen molar-refractivity contribution in [2.24, 2.45) is 15.9 Å². The highest BCUT2D eigenvalue weighted by Gasteiger charge is 2.02. The minimum absolute atomic E-state index is 0.405. The van der Waals surface area contributed by atoms with Gasteiger partial charge in [-0.2, -0.15) is 5.10 Å². The van der Waals surface area contributed by atoms with Gasteiger partial charge in [-0.1, -0.05) is 65.3 Å². The van der Waals surface area contributed by atoms with Gasteiger partial charge in [-0.15, -0.1) is 5.10 Å². The molecule has 0 aliphatic carbocycles. The first kappa shape index (κ1) is 16.9. The van der Waals surface area contributed by atoms with Crippen LogP contribution in [0, 0.1) is 6.92 Å². The third kappa shape index (κ3) is 5.05. The van der Waals surface area contributed by atoms with Gasteiger partial charge in [0.25, 0.3) is 0 Å². The number of nitrogens with zero attached hydrogens (tertiary/aromatic N) is 2. The summed E-state index contributed by atoms with van der Waals surface area (Å²) in [5.74, 6) is 0.756. The topological polar surface area (TPSA) is 50.7 Å². The molecule has 0 spiro atoms. The second-order valence-corrected chi connectivity index (χ2v) is 6.39. The van der Waals surface area contributed by atoms with Crippen molar-refractivity contribution in [1.29, 1.82) is 0 Å². The van der Waals surface area contributed by atoms with Gasteiger partial charge < -0.3 is 5.73 Å². The molecule has 3 nitrogen and oxygen atoms in total.